The van der Waals surface area contributed by atoms with Gasteiger partial charge in [0.05, 0.1) is 5.52 Å². The maximum absolute atomic E-state index is 14.8. The van der Waals surface area contributed by atoms with Crippen molar-refractivity contribution >= 4 is 27.6 Å². The van der Waals surface area contributed by atoms with E-state index in [4.69, 9.17) is 4.98 Å². The van der Waals surface area contributed by atoms with Gasteiger partial charge in [0, 0.05) is 34.6 Å². The Kier molecular flexibility index (Phi) is 4.42. The summed E-state index contributed by atoms with van der Waals surface area (Å²) in [6.45, 7) is 2.28. The molecule has 4 aromatic rings. The summed E-state index contributed by atoms with van der Waals surface area (Å²) in [5, 5.41) is 4.57. The van der Waals surface area contributed by atoms with E-state index in [1.807, 2.05) is 6.07 Å². The summed E-state index contributed by atoms with van der Waals surface area (Å²) in [4.78, 5) is 12.0. The third-order valence-corrected chi connectivity index (χ3v) is 7.56. The second kappa shape index (κ2) is 7.22. The summed E-state index contributed by atoms with van der Waals surface area (Å²) in [6, 6.07) is 7.16. The van der Waals surface area contributed by atoms with Gasteiger partial charge in [0.25, 0.3) is 0 Å². The highest BCUT2D eigenvalue weighted by Gasteiger charge is 2.41. The van der Waals surface area contributed by atoms with Crippen LogP contribution in [0.1, 0.15) is 32.6 Å². The Morgan fingerprint density at radius 1 is 0.938 bits per heavy atom. The number of para-hydroxylation sites is 1. The molecule has 2 aromatic heterocycles. The minimum absolute atomic E-state index is 0.173. The number of fused-ring (bicyclic) bond motifs is 5. The zero-order valence-corrected chi connectivity index (χ0v) is 17.6. The second-order valence-electron chi connectivity index (χ2n) is 9.25. The molecule has 3 aliphatic carbocycles. The SMILES string of the molecule is CC1C2CCC(CC2)C1Nc1nc(-c2c[nH]c3c(F)cc(F)cc23)nc2c(F)cccc12. The van der Waals surface area contributed by atoms with E-state index in [0.29, 0.717) is 39.9 Å². The predicted molar refractivity (Wildman–Crippen MR) is 119 cm³/mol. The lowest BCUT2D eigenvalue weighted by Gasteiger charge is -2.47. The summed E-state index contributed by atoms with van der Waals surface area (Å²) in [5.41, 5.74) is 0.802. The van der Waals surface area contributed by atoms with Crippen LogP contribution in [0.15, 0.2) is 36.5 Å². The van der Waals surface area contributed by atoms with Gasteiger partial charge in [-0.2, -0.15) is 0 Å². The molecule has 0 radical (unpaired) electrons. The molecule has 0 spiro atoms. The molecular weight excluding hydrogens is 413 g/mol. The summed E-state index contributed by atoms with van der Waals surface area (Å²) in [5.74, 6) is 0.729. The summed E-state index contributed by atoms with van der Waals surface area (Å²) in [7, 11) is 0. The van der Waals surface area contributed by atoms with Crippen molar-refractivity contribution < 1.29 is 13.2 Å². The smallest absolute Gasteiger partial charge is 0.164 e. The first kappa shape index (κ1) is 19.6. The highest BCUT2D eigenvalue weighted by atomic mass is 19.1. The zero-order chi connectivity index (χ0) is 22.0. The molecule has 7 heteroatoms. The van der Waals surface area contributed by atoms with E-state index in [9.17, 15) is 13.2 Å². The van der Waals surface area contributed by atoms with Crippen molar-refractivity contribution in [2.75, 3.05) is 5.32 Å². The van der Waals surface area contributed by atoms with Gasteiger partial charge in [-0.15, -0.1) is 0 Å². The van der Waals surface area contributed by atoms with Crippen molar-refractivity contribution in [3.63, 3.8) is 0 Å². The highest BCUT2D eigenvalue weighted by molar-refractivity contribution is 5.97. The van der Waals surface area contributed by atoms with Gasteiger partial charge < -0.3 is 10.3 Å². The number of hydrogen-bond acceptors (Lipinski definition) is 3. The van der Waals surface area contributed by atoms with E-state index in [0.717, 1.165) is 6.07 Å². The number of nitrogens with one attached hydrogen (secondary N) is 2. The lowest BCUT2D eigenvalue weighted by molar-refractivity contribution is 0.0929. The van der Waals surface area contributed by atoms with E-state index in [1.165, 1.54) is 37.8 Å². The van der Waals surface area contributed by atoms with Gasteiger partial charge >= 0.3 is 0 Å². The van der Waals surface area contributed by atoms with E-state index in [1.54, 1.807) is 12.3 Å². The molecule has 2 N–H and O–H groups in total. The van der Waals surface area contributed by atoms with Gasteiger partial charge in [0.15, 0.2) is 5.82 Å². The largest absolute Gasteiger partial charge is 0.366 e. The summed E-state index contributed by atoms with van der Waals surface area (Å²) < 4.78 is 43.0. The molecule has 2 aromatic carbocycles. The maximum atomic E-state index is 14.8. The van der Waals surface area contributed by atoms with Crippen LogP contribution in [0, 0.1) is 35.2 Å². The first-order valence-corrected chi connectivity index (χ1v) is 11.2. The average Bonchev–Trinajstić information content (AvgIpc) is 3.21. The minimum Gasteiger partial charge on any atom is -0.366 e. The van der Waals surface area contributed by atoms with Gasteiger partial charge in [0.1, 0.15) is 28.8 Å². The van der Waals surface area contributed by atoms with Crippen LogP contribution in [0.4, 0.5) is 19.0 Å². The van der Waals surface area contributed by atoms with Gasteiger partial charge in [-0.25, -0.2) is 23.1 Å². The molecule has 3 aliphatic rings. The maximum Gasteiger partial charge on any atom is 0.164 e. The Morgan fingerprint density at radius 2 is 1.72 bits per heavy atom. The third kappa shape index (κ3) is 2.98. The number of aromatic amines is 1. The Bertz CT molecular complexity index is 1340. The number of nitrogens with zero attached hydrogens (tertiary/aromatic N) is 2. The lowest BCUT2D eigenvalue weighted by Crippen LogP contribution is -2.47. The first-order valence-electron chi connectivity index (χ1n) is 11.2. The van der Waals surface area contributed by atoms with Gasteiger partial charge in [-0.05, 0) is 61.6 Å². The molecule has 7 rings (SSSR count). The quantitative estimate of drug-likeness (QED) is 0.389. The highest BCUT2D eigenvalue weighted by Crippen LogP contribution is 2.46. The molecule has 2 bridgehead atoms. The van der Waals surface area contributed by atoms with Crippen molar-refractivity contribution in [2.24, 2.45) is 17.8 Å². The topological polar surface area (TPSA) is 53.6 Å². The molecule has 2 heterocycles. The third-order valence-electron chi connectivity index (χ3n) is 7.56. The number of H-pyrrole nitrogens is 1. The Balaban J connectivity index is 1.52. The first-order chi connectivity index (χ1) is 15.5. The standard InChI is InChI=1S/C25H23F3N4/c1-12-13-5-7-14(8-6-13)21(12)30-24-16-3-2-4-19(27)23(16)31-25(32-24)18-11-29-22-17(18)9-15(26)10-20(22)28/h2-4,9-14,21,29H,5-8H2,1H3,(H,30,31,32). The fourth-order valence-corrected chi connectivity index (χ4v) is 5.85. The second-order valence-corrected chi connectivity index (χ2v) is 9.25. The fourth-order valence-electron chi connectivity index (χ4n) is 5.85. The lowest BCUT2D eigenvalue weighted by atomic mass is 9.62. The molecule has 32 heavy (non-hydrogen) atoms. The Hall–Kier alpha value is -3.09. The van der Waals surface area contributed by atoms with Crippen molar-refractivity contribution in [3.8, 4) is 11.4 Å². The van der Waals surface area contributed by atoms with E-state index >= 15 is 0 Å². The van der Waals surface area contributed by atoms with Crippen LogP contribution < -0.4 is 5.32 Å². The van der Waals surface area contributed by atoms with Crippen molar-refractivity contribution in [1.82, 2.24) is 15.0 Å². The van der Waals surface area contributed by atoms with Gasteiger partial charge in [-0.1, -0.05) is 13.0 Å². The van der Waals surface area contributed by atoms with Crippen molar-refractivity contribution in [2.45, 2.75) is 38.6 Å². The minimum atomic E-state index is -0.691. The molecule has 0 amide bonds. The predicted octanol–water partition coefficient (Wildman–Crippen LogP) is 6.43. The van der Waals surface area contributed by atoms with Crippen LogP contribution in [0.5, 0.6) is 0 Å². The molecule has 4 nitrogen and oxygen atoms in total. The van der Waals surface area contributed by atoms with Crippen LogP contribution in [-0.2, 0) is 0 Å². The molecule has 2 unspecified atom stereocenters. The number of halogens is 3. The molecule has 3 fully saturated rings. The van der Waals surface area contributed by atoms with Crippen molar-refractivity contribution in [3.05, 3.63) is 54.0 Å². The molecular formula is C25H23F3N4. The van der Waals surface area contributed by atoms with Crippen LogP contribution in [0.25, 0.3) is 33.2 Å². The number of benzene rings is 2. The van der Waals surface area contributed by atoms with Gasteiger partial charge in [-0.3, -0.25) is 0 Å². The number of anilines is 1. The average molecular weight is 436 g/mol. The van der Waals surface area contributed by atoms with E-state index < -0.39 is 17.5 Å². The number of hydrogen-bond donors (Lipinski definition) is 2. The van der Waals surface area contributed by atoms with Crippen LogP contribution in [0.2, 0.25) is 0 Å². The molecule has 0 aliphatic heterocycles. The number of aromatic nitrogens is 3. The normalized spacial score (nSPS) is 25.0. The summed E-state index contributed by atoms with van der Waals surface area (Å²) in [6.07, 6.45) is 6.46. The number of rotatable bonds is 3. The van der Waals surface area contributed by atoms with Gasteiger partial charge in [0.2, 0.25) is 0 Å². The zero-order valence-electron chi connectivity index (χ0n) is 17.6. The van der Waals surface area contributed by atoms with Crippen LogP contribution in [0.3, 0.4) is 0 Å². The van der Waals surface area contributed by atoms with Crippen molar-refractivity contribution in [1.29, 1.82) is 0 Å². The molecule has 2 atom stereocenters. The molecule has 3 saturated carbocycles. The Labute approximate surface area is 183 Å². The van der Waals surface area contributed by atoms with E-state index in [-0.39, 0.29) is 22.9 Å². The van der Waals surface area contributed by atoms with Crippen LogP contribution in [-0.4, -0.2) is 21.0 Å². The fraction of sp³-hybridized carbons (Fsp3) is 0.360. The van der Waals surface area contributed by atoms with Crippen LogP contribution >= 0.6 is 0 Å². The Morgan fingerprint density at radius 3 is 2.50 bits per heavy atom. The molecule has 0 saturated heterocycles. The van der Waals surface area contributed by atoms with E-state index in [2.05, 4.69) is 22.2 Å². The monoisotopic (exact) mass is 436 g/mol. The summed E-state index contributed by atoms with van der Waals surface area (Å²) >= 11 is 0. The molecule has 164 valence electrons.